The SMILES string of the molecule is Cn1cnc(S(=O)(=O)Nc2ccc3c(c2)OCO3)c1Cl. The van der Waals surface area contributed by atoms with Gasteiger partial charge in [-0.25, -0.2) is 4.98 Å². The summed E-state index contributed by atoms with van der Waals surface area (Å²) in [5.41, 5.74) is 0.343. The molecule has 0 amide bonds. The second-order valence-electron chi connectivity index (χ2n) is 4.12. The third-order valence-corrected chi connectivity index (χ3v) is 4.58. The second-order valence-corrected chi connectivity index (χ2v) is 6.08. The van der Waals surface area contributed by atoms with Crippen LogP contribution in [0.25, 0.3) is 0 Å². The van der Waals surface area contributed by atoms with Crippen molar-refractivity contribution in [3.63, 3.8) is 0 Å². The van der Waals surface area contributed by atoms with Crippen molar-refractivity contribution in [1.82, 2.24) is 9.55 Å². The number of aromatic nitrogens is 2. The summed E-state index contributed by atoms with van der Waals surface area (Å²) in [6, 6.07) is 4.73. The molecule has 3 rings (SSSR count). The number of hydrogen-bond donors (Lipinski definition) is 1. The van der Waals surface area contributed by atoms with Gasteiger partial charge in [0, 0.05) is 13.1 Å². The first kappa shape index (κ1) is 13.1. The number of rotatable bonds is 3. The van der Waals surface area contributed by atoms with E-state index in [4.69, 9.17) is 21.1 Å². The van der Waals surface area contributed by atoms with E-state index in [1.54, 1.807) is 19.2 Å². The van der Waals surface area contributed by atoms with Gasteiger partial charge in [0.2, 0.25) is 11.8 Å². The summed E-state index contributed by atoms with van der Waals surface area (Å²) >= 11 is 5.89. The van der Waals surface area contributed by atoms with Crippen molar-refractivity contribution in [2.45, 2.75) is 5.03 Å². The molecule has 0 bridgehead atoms. The Balaban J connectivity index is 1.92. The first-order chi connectivity index (χ1) is 9.47. The lowest BCUT2D eigenvalue weighted by Gasteiger charge is -2.07. The Labute approximate surface area is 120 Å². The van der Waals surface area contributed by atoms with Gasteiger partial charge in [-0.1, -0.05) is 11.6 Å². The average Bonchev–Trinajstić information content (AvgIpc) is 2.97. The Morgan fingerprint density at radius 3 is 2.80 bits per heavy atom. The number of benzene rings is 1. The monoisotopic (exact) mass is 315 g/mol. The van der Waals surface area contributed by atoms with Crippen molar-refractivity contribution in [2.75, 3.05) is 11.5 Å². The van der Waals surface area contributed by atoms with Crippen LogP contribution in [0.5, 0.6) is 11.5 Å². The van der Waals surface area contributed by atoms with Crippen molar-refractivity contribution >= 4 is 27.3 Å². The van der Waals surface area contributed by atoms with Crippen molar-refractivity contribution in [1.29, 1.82) is 0 Å². The van der Waals surface area contributed by atoms with E-state index in [2.05, 4.69) is 9.71 Å². The molecule has 20 heavy (non-hydrogen) atoms. The van der Waals surface area contributed by atoms with Gasteiger partial charge >= 0.3 is 0 Å². The first-order valence-electron chi connectivity index (χ1n) is 5.57. The zero-order chi connectivity index (χ0) is 14.3. The molecular formula is C11H10ClN3O4S. The maximum Gasteiger partial charge on any atom is 0.282 e. The molecule has 7 nitrogen and oxygen atoms in total. The number of ether oxygens (including phenoxy) is 2. The van der Waals surface area contributed by atoms with Gasteiger partial charge in [-0.2, -0.15) is 8.42 Å². The number of fused-ring (bicyclic) bond motifs is 1. The molecule has 0 unspecified atom stereocenters. The average molecular weight is 316 g/mol. The summed E-state index contributed by atoms with van der Waals surface area (Å²) in [6.45, 7) is 0.123. The van der Waals surface area contributed by atoms with Crippen LogP contribution in [0.1, 0.15) is 0 Å². The molecule has 9 heteroatoms. The van der Waals surface area contributed by atoms with E-state index in [0.717, 1.165) is 0 Å². The molecule has 0 atom stereocenters. The molecule has 1 aliphatic rings. The highest BCUT2D eigenvalue weighted by Gasteiger charge is 2.23. The summed E-state index contributed by atoms with van der Waals surface area (Å²) in [5.74, 6) is 1.06. The summed E-state index contributed by atoms with van der Waals surface area (Å²) in [5, 5.41) is -0.183. The van der Waals surface area contributed by atoms with E-state index in [-0.39, 0.29) is 17.0 Å². The predicted molar refractivity (Wildman–Crippen MR) is 71.6 cm³/mol. The number of halogens is 1. The Morgan fingerprint density at radius 2 is 2.10 bits per heavy atom. The number of sulfonamides is 1. The Kier molecular flexibility index (Phi) is 2.98. The lowest BCUT2D eigenvalue weighted by atomic mass is 10.3. The number of nitrogens with one attached hydrogen (secondary N) is 1. The number of aryl methyl sites for hydroxylation is 1. The summed E-state index contributed by atoms with van der Waals surface area (Å²) in [6.07, 6.45) is 1.33. The molecule has 0 fully saturated rings. The maximum absolute atomic E-state index is 12.2. The van der Waals surface area contributed by atoms with E-state index in [1.807, 2.05) is 0 Å². The summed E-state index contributed by atoms with van der Waals surface area (Å²) in [4.78, 5) is 3.78. The summed E-state index contributed by atoms with van der Waals surface area (Å²) in [7, 11) is -2.24. The van der Waals surface area contributed by atoms with Gasteiger partial charge in [-0.15, -0.1) is 0 Å². The molecule has 0 spiro atoms. The molecule has 0 aliphatic carbocycles. The van der Waals surface area contributed by atoms with Gasteiger partial charge in [0.25, 0.3) is 10.0 Å². The normalized spacial score (nSPS) is 13.5. The van der Waals surface area contributed by atoms with Crippen LogP contribution in [0.15, 0.2) is 29.6 Å². The second kappa shape index (κ2) is 4.57. The molecule has 2 aromatic rings. The van der Waals surface area contributed by atoms with Crippen LogP contribution in [0.2, 0.25) is 5.15 Å². The molecule has 0 saturated heterocycles. The molecule has 0 saturated carbocycles. The van der Waals surface area contributed by atoms with E-state index in [9.17, 15) is 8.42 Å². The quantitative estimate of drug-likeness (QED) is 0.930. The van der Waals surface area contributed by atoms with Crippen LogP contribution in [0.4, 0.5) is 5.69 Å². The van der Waals surface area contributed by atoms with Crippen molar-refractivity contribution in [2.24, 2.45) is 7.05 Å². The largest absolute Gasteiger partial charge is 0.454 e. The van der Waals surface area contributed by atoms with E-state index in [1.165, 1.54) is 17.0 Å². The van der Waals surface area contributed by atoms with Crippen molar-refractivity contribution in [3.8, 4) is 11.5 Å². The fraction of sp³-hybridized carbons (Fsp3) is 0.182. The molecule has 1 N–H and O–H groups in total. The molecule has 0 radical (unpaired) electrons. The molecule has 2 heterocycles. The van der Waals surface area contributed by atoms with Gasteiger partial charge in [0.15, 0.2) is 11.5 Å². The first-order valence-corrected chi connectivity index (χ1v) is 7.43. The zero-order valence-corrected chi connectivity index (χ0v) is 11.9. The molecule has 1 aliphatic heterocycles. The van der Waals surface area contributed by atoms with Gasteiger partial charge in [-0.05, 0) is 12.1 Å². The molecule has 1 aromatic carbocycles. The highest BCUT2D eigenvalue weighted by atomic mass is 35.5. The minimum Gasteiger partial charge on any atom is -0.454 e. The third-order valence-electron chi connectivity index (χ3n) is 2.71. The number of anilines is 1. The fourth-order valence-corrected chi connectivity index (χ4v) is 3.22. The van der Waals surface area contributed by atoms with Gasteiger partial charge < -0.3 is 14.0 Å². The van der Waals surface area contributed by atoms with E-state index < -0.39 is 10.0 Å². The van der Waals surface area contributed by atoms with Crippen molar-refractivity contribution < 1.29 is 17.9 Å². The van der Waals surface area contributed by atoms with Crippen LogP contribution >= 0.6 is 11.6 Å². The Hall–Kier alpha value is -1.93. The Bertz CT molecular complexity index is 772. The van der Waals surface area contributed by atoms with E-state index >= 15 is 0 Å². The Morgan fingerprint density at radius 1 is 1.35 bits per heavy atom. The fourth-order valence-electron chi connectivity index (χ4n) is 1.74. The smallest absolute Gasteiger partial charge is 0.282 e. The standard InChI is InChI=1S/C11H10ClN3O4S/c1-15-5-13-11(10(15)12)20(16,17)14-7-2-3-8-9(4-7)19-6-18-8/h2-5,14H,6H2,1H3. The van der Waals surface area contributed by atoms with Gasteiger partial charge in [0.05, 0.1) is 12.0 Å². The maximum atomic E-state index is 12.2. The lowest BCUT2D eigenvalue weighted by Crippen LogP contribution is -2.14. The van der Waals surface area contributed by atoms with Crippen LogP contribution in [-0.4, -0.2) is 24.8 Å². The third kappa shape index (κ3) is 2.16. The van der Waals surface area contributed by atoms with Crippen LogP contribution in [-0.2, 0) is 17.1 Å². The van der Waals surface area contributed by atoms with Gasteiger partial charge in [-0.3, -0.25) is 4.72 Å². The highest BCUT2D eigenvalue weighted by molar-refractivity contribution is 7.92. The topological polar surface area (TPSA) is 82.5 Å². The number of hydrogen-bond acceptors (Lipinski definition) is 5. The molecule has 106 valence electrons. The number of imidazole rings is 1. The molecular weight excluding hydrogens is 306 g/mol. The van der Waals surface area contributed by atoms with Crippen molar-refractivity contribution in [3.05, 3.63) is 29.7 Å². The highest BCUT2D eigenvalue weighted by Crippen LogP contribution is 2.35. The van der Waals surface area contributed by atoms with Crippen LogP contribution < -0.4 is 14.2 Å². The minimum absolute atomic E-state index is 0.0400. The van der Waals surface area contributed by atoms with Crippen LogP contribution in [0, 0.1) is 0 Å². The van der Waals surface area contributed by atoms with Gasteiger partial charge in [0.1, 0.15) is 5.15 Å². The zero-order valence-electron chi connectivity index (χ0n) is 10.3. The number of nitrogens with zero attached hydrogens (tertiary/aromatic N) is 2. The molecule has 1 aromatic heterocycles. The summed E-state index contributed by atoms with van der Waals surface area (Å²) < 4.78 is 38.5. The lowest BCUT2D eigenvalue weighted by molar-refractivity contribution is 0.174. The van der Waals surface area contributed by atoms with E-state index in [0.29, 0.717) is 17.2 Å². The van der Waals surface area contributed by atoms with Crippen LogP contribution in [0.3, 0.4) is 0 Å². The minimum atomic E-state index is -3.85. The predicted octanol–water partition coefficient (Wildman–Crippen LogP) is 1.60.